The van der Waals surface area contributed by atoms with Crippen molar-refractivity contribution in [1.82, 2.24) is 18.2 Å². The van der Waals surface area contributed by atoms with E-state index in [9.17, 15) is 25.6 Å². The third-order valence-corrected chi connectivity index (χ3v) is 9.23. The van der Waals surface area contributed by atoms with Crippen molar-refractivity contribution in [2.75, 3.05) is 43.9 Å². The van der Waals surface area contributed by atoms with Crippen molar-refractivity contribution in [2.24, 2.45) is 0 Å². The molecule has 5 rings (SSSR count). The maximum Gasteiger partial charge on any atom is 0.311 e. The number of nitrogen functional groups attached to an aromatic ring is 1. The fourth-order valence-electron chi connectivity index (χ4n) is 4.13. The first-order valence-electron chi connectivity index (χ1n) is 11.4. The highest BCUT2D eigenvalue weighted by Crippen LogP contribution is 2.33. The number of pyridine rings is 1. The summed E-state index contributed by atoms with van der Waals surface area (Å²) in [6.07, 6.45) is 1.39. The van der Waals surface area contributed by atoms with Gasteiger partial charge in [0.2, 0.25) is 11.8 Å². The van der Waals surface area contributed by atoms with E-state index in [2.05, 4.69) is 14.7 Å². The number of rotatable bonds is 7. The Morgan fingerprint density at radius 2 is 1.77 bits per heavy atom. The van der Waals surface area contributed by atoms with E-state index >= 15 is 0 Å². The summed E-state index contributed by atoms with van der Waals surface area (Å²) < 4.78 is 94.8. The quantitative estimate of drug-likeness (QED) is 0.334. The molecule has 0 unspecified atom stereocenters. The van der Waals surface area contributed by atoms with Gasteiger partial charge in [-0.25, -0.2) is 27.2 Å². The SMILES string of the molecule is COc1ncc(-c2ccc3nc(N)n(S(=O)(=O)N4CCOCC4)c3c2)cc1NS(=O)(=O)c1ccc(F)cc1F. The topological polar surface area (TPSA) is 159 Å². The molecule has 2 aromatic carbocycles. The summed E-state index contributed by atoms with van der Waals surface area (Å²) >= 11 is 0. The van der Waals surface area contributed by atoms with E-state index in [0.29, 0.717) is 22.7 Å². The molecule has 39 heavy (non-hydrogen) atoms. The highest BCUT2D eigenvalue weighted by Gasteiger charge is 2.30. The maximum absolute atomic E-state index is 14.2. The lowest BCUT2D eigenvalue weighted by molar-refractivity contribution is 0.0726. The molecule has 206 valence electrons. The monoisotopic (exact) mass is 580 g/mol. The summed E-state index contributed by atoms with van der Waals surface area (Å²) in [5.41, 5.74) is 7.20. The van der Waals surface area contributed by atoms with Crippen molar-refractivity contribution in [3.8, 4) is 17.0 Å². The second kappa shape index (κ2) is 10.0. The molecule has 0 amide bonds. The number of morpholine rings is 1. The van der Waals surface area contributed by atoms with Gasteiger partial charge >= 0.3 is 10.2 Å². The van der Waals surface area contributed by atoms with Crippen LogP contribution in [0.4, 0.5) is 20.4 Å². The summed E-state index contributed by atoms with van der Waals surface area (Å²) in [4.78, 5) is 7.52. The second-order valence-electron chi connectivity index (χ2n) is 8.42. The van der Waals surface area contributed by atoms with Gasteiger partial charge in [-0.3, -0.25) is 4.72 Å². The lowest BCUT2D eigenvalue weighted by Crippen LogP contribution is -2.43. The fraction of sp³-hybridized carbons (Fsp3) is 0.217. The van der Waals surface area contributed by atoms with E-state index in [1.807, 2.05) is 0 Å². The molecule has 0 atom stereocenters. The first-order chi connectivity index (χ1) is 18.5. The van der Waals surface area contributed by atoms with Crippen molar-refractivity contribution in [1.29, 1.82) is 0 Å². The Balaban J connectivity index is 1.56. The predicted octanol–water partition coefficient (Wildman–Crippen LogP) is 2.19. The van der Waals surface area contributed by atoms with Crippen molar-refractivity contribution >= 4 is 42.9 Å². The minimum atomic E-state index is -4.50. The van der Waals surface area contributed by atoms with Crippen LogP contribution in [0.2, 0.25) is 0 Å². The predicted molar refractivity (Wildman–Crippen MR) is 138 cm³/mol. The molecule has 0 saturated carbocycles. The summed E-state index contributed by atoms with van der Waals surface area (Å²) in [7, 11) is -7.30. The average molecular weight is 581 g/mol. The Labute approximate surface area is 222 Å². The van der Waals surface area contributed by atoms with E-state index in [0.717, 1.165) is 16.1 Å². The number of nitrogens with zero attached hydrogens (tertiary/aromatic N) is 4. The summed E-state index contributed by atoms with van der Waals surface area (Å²) in [6.45, 7) is 0.799. The fourth-order valence-corrected chi connectivity index (χ4v) is 6.75. The molecule has 12 nitrogen and oxygen atoms in total. The number of hydrogen-bond acceptors (Lipinski definition) is 9. The Morgan fingerprint density at radius 1 is 1.03 bits per heavy atom. The van der Waals surface area contributed by atoms with Gasteiger partial charge in [-0.1, -0.05) is 6.07 Å². The molecule has 1 fully saturated rings. The smallest absolute Gasteiger partial charge is 0.311 e. The van der Waals surface area contributed by atoms with Crippen LogP contribution in [0.15, 0.2) is 53.6 Å². The number of methoxy groups -OCH3 is 1. The largest absolute Gasteiger partial charge is 0.480 e. The molecule has 0 spiro atoms. The number of halogens is 2. The molecule has 0 bridgehead atoms. The molecule has 1 saturated heterocycles. The van der Waals surface area contributed by atoms with Gasteiger partial charge in [-0.2, -0.15) is 16.7 Å². The van der Waals surface area contributed by atoms with E-state index in [-0.39, 0.29) is 49.3 Å². The van der Waals surface area contributed by atoms with Crippen LogP contribution in [-0.4, -0.2) is 68.5 Å². The number of ether oxygens (including phenoxy) is 2. The number of imidazole rings is 1. The molecule has 1 aliphatic rings. The van der Waals surface area contributed by atoms with Crippen LogP contribution >= 0.6 is 0 Å². The summed E-state index contributed by atoms with van der Waals surface area (Å²) in [5, 5.41) is 0. The number of nitrogens with two attached hydrogens (primary N) is 1. The zero-order valence-electron chi connectivity index (χ0n) is 20.3. The van der Waals surface area contributed by atoms with Crippen molar-refractivity contribution in [3.63, 3.8) is 0 Å². The van der Waals surface area contributed by atoms with Crippen LogP contribution in [0.3, 0.4) is 0 Å². The lowest BCUT2D eigenvalue weighted by Gasteiger charge is -2.26. The second-order valence-corrected chi connectivity index (χ2v) is 11.8. The maximum atomic E-state index is 14.2. The normalized spacial score (nSPS) is 14.9. The first kappa shape index (κ1) is 26.7. The van der Waals surface area contributed by atoms with Crippen molar-refractivity contribution < 1.29 is 35.1 Å². The van der Waals surface area contributed by atoms with Crippen LogP contribution in [0.1, 0.15) is 0 Å². The molecule has 0 aliphatic carbocycles. The highest BCUT2D eigenvalue weighted by atomic mass is 32.2. The van der Waals surface area contributed by atoms with Gasteiger partial charge in [0.05, 0.1) is 31.4 Å². The molecule has 0 radical (unpaired) electrons. The molecular weight excluding hydrogens is 558 g/mol. The van der Waals surface area contributed by atoms with Crippen molar-refractivity contribution in [2.45, 2.75) is 4.90 Å². The van der Waals surface area contributed by atoms with Gasteiger partial charge < -0.3 is 15.2 Å². The summed E-state index contributed by atoms with van der Waals surface area (Å²) in [6, 6.07) is 8.17. The Kier molecular flexibility index (Phi) is 6.88. The van der Waals surface area contributed by atoms with Gasteiger partial charge in [0.15, 0.2) is 0 Å². The third-order valence-electron chi connectivity index (χ3n) is 5.97. The molecular formula is C23H22F2N6O6S2. The number of benzene rings is 2. The van der Waals surface area contributed by atoms with Crippen LogP contribution < -0.4 is 15.2 Å². The highest BCUT2D eigenvalue weighted by molar-refractivity contribution is 7.92. The molecule has 1 aliphatic heterocycles. The Bertz CT molecular complexity index is 1790. The standard InChI is InChI=1S/C23H22F2N6O6S2/c1-36-22-19(29-38(32,33)21-5-3-16(24)12-17(21)25)10-15(13-27-22)14-2-4-18-20(11-14)31(23(26)28-18)39(34,35)30-6-8-37-9-7-30/h2-5,10-13,29H,6-9H2,1H3,(H2,26,28). The van der Waals surface area contributed by atoms with Gasteiger partial charge in [-0.15, -0.1) is 0 Å². The minimum absolute atomic E-state index is 0.116. The van der Waals surface area contributed by atoms with Crippen LogP contribution in [-0.2, 0) is 25.0 Å². The van der Waals surface area contributed by atoms with Crippen LogP contribution in [0, 0.1) is 11.6 Å². The van der Waals surface area contributed by atoms with E-state index in [1.165, 1.54) is 29.7 Å². The third kappa shape index (κ3) is 4.98. The van der Waals surface area contributed by atoms with E-state index < -0.39 is 36.8 Å². The van der Waals surface area contributed by atoms with E-state index in [4.69, 9.17) is 15.2 Å². The van der Waals surface area contributed by atoms with Crippen LogP contribution in [0.25, 0.3) is 22.2 Å². The zero-order valence-corrected chi connectivity index (χ0v) is 22.0. The van der Waals surface area contributed by atoms with Gasteiger partial charge in [0, 0.05) is 30.9 Å². The van der Waals surface area contributed by atoms with Gasteiger partial charge in [-0.05, 0) is 35.9 Å². The van der Waals surface area contributed by atoms with E-state index in [1.54, 1.807) is 12.1 Å². The lowest BCUT2D eigenvalue weighted by atomic mass is 10.1. The minimum Gasteiger partial charge on any atom is -0.480 e. The first-order valence-corrected chi connectivity index (χ1v) is 14.3. The molecule has 16 heteroatoms. The summed E-state index contributed by atoms with van der Waals surface area (Å²) in [5.74, 6) is -2.55. The number of fused-ring (bicyclic) bond motifs is 1. The molecule has 3 N–H and O–H groups in total. The Morgan fingerprint density at radius 3 is 2.46 bits per heavy atom. The molecule has 3 heterocycles. The Hall–Kier alpha value is -3.86. The molecule has 2 aromatic heterocycles. The van der Waals surface area contributed by atoms with Crippen LogP contribution in [0.5, 0.6) is 5.88 Å². The number of sulfonamides is 1. The number of nitrogens with one attached hydrogen (secondary N) is 1. The van der Waals surface area contributed by atoms with Gasteiger partial charge in [0.1, 0.15) is 22.2 Å². The van der Waals surface area contributed by atoms with Crippen molar-refractivity contribution in [3.05, 3.63) is 60.3 Å². The number of aromatic nitrogens is 3. The van der Waals surface area contributed by atoms with Gasteiger partial charge in [0.25, 0.3) is 10.0 Å². The average Bonchev–Trinajstić information content (AvgIpc) is 3.24. The number of anilines is 2. The molecule has 4 aromatic rings. The number of hydrogen-bond donors (Lipinski definition) is 2. The zero-order chi connectivity index (χ0) is 27.9.